The third-order valence-electron chi connectivity index (χ3n) is 4.63. The Labute approximate surface area is 173 Å². The molecule has 1 heterocycles. The van der Waals surface area contributed by atoms with E-state index in [2.05, 4.69) is 10.6 Å². The first-order valence-electron chi connectivity index (χ1n) is 9.35. The summed E-state index contributed by atoms with van der Waals surface area (Å²) < 4.78 is 1.57. The molecule has 0 aliphatic rings. The minimum absolute atomic E-state index is 0.0787. The molecular formula is C22H23N3O3S. The molecule has 0 saturated carbocycles. The van der Waals surface area contributed by atoms with E-state index < -0.39 is 0 Å². The number of nitrogens with one attached hydrogen (secondary N) is 2. The van der Waals surface area contributed by atoms with Gasteiger partial charge >= 0.3 is 4.87 Å². The molecule has 0 fully saturated rings. The molecule has 3 aromatic rings. The van der Waals surface area contributed by atoms with Crippen molar-refractivity contribution in [1.29, 1.82) is 0 Å². The molecule has 2 amide bonds. The van der Waals surface area contributed by atoms with Gasteiger partial charge in [0.05, 0.1) is 17.3 Å². The van der Waals surface area contributed by atoms with E-state index in [0.717, 1.165) is 22.6 Å². The smallest absolute Gasteiger partial charge is 0.307 e. The molecule has 0 saturated heterocycles. The number of aromatic nitrogens is 1. The van der Waals surface area contributed by atoms with E-state index in [-0.39, 0.29) is 29.1 Å². The van der Waals surface area contributed by atoms with Gasteiger partial charge in [-0.3, -0.25) is 14.4 Å². The van der Waals surface area contributed by atoms with E-state index >= 15 is 0 Å². The zero-order chi connectivity index (χ0) is 20.8. The molecule has 2 aromatic carbocycles. The minimum Gasteiger partial charge on any atom is -0.345 e. The molecule has 150 valence electrons. The van der Waals surface area contributed by atoms with Crippen LogP contribution in [0.3, 0.4) is 0 Å². The number of para-hydroxylation sites is 1. The minimum atomic E-state index is -0.262. The molecule has 1 aromatic heterocycles. The Kier molecular flexibility index (Phi) is 6.61. The normalized spacial score (nSPS) is 11.7. The van der Waals surface area contributed by atoms with Gasteiger partial charge in [-0.05, 0) is 31.5 Å². The average Bonchev–Trinajstić information content (AvgIpc) is 3.05. The van der Waals surface area contributed by atoms with Gasteiger partial charge in [0.25, 0.3) is 5.91 Å². The Hall–Kier alpha value is -3.19. The number of hydrogen-bond acceptors (Lipinski definition) is 4. The number of rotatable bonds is 7. The summed E-state index contributed by atoms with van der Waals surface area (Å²) in [6.07, 6.45) is 0.147. The van der Waals surface area contributed by atoms with Crippen molar-refractivity contribution in [1.82, 2.24) is 9.88 Å². The van der Waals surface area contributed by atoms with Gasteiger partial charge in [-0.25, -0.2) is 0 Å². The number of aryl methyl sites for hydroxylation is 1. The third kappa shape index (κ3) is 5.20. The number of nitrogens with zero attached hydrogens (tertiary/aromatic N) is 1. The first-order valence-corrected chi connectivity index (χ1v) is 10.2. The molecule has 6 nitrogen and oxygen atoms in total. The summed E-state index contributed by atoms with van der Waals surface area (Å²) in [4.78, 5) is 36.8. The molecule has 0 aliphatic carbocycles. The lowest BCUT2D eigenvalue weighted by Crippen LogP contribution is -2.28. The molecule has 1 unspecified atom stereocenters. The van der Waals surface area contributed by atoms with Crippen molar-refractivity contribution in [2.75, 3.05) is 5.32 Å². The van der Waals surface area contributed by atoms with Crippen LogP contribution in [-0.4, -0.2) is 16.4 Å². The van der Waals surface area contributed by atoms with Gasteiger partial charge in [-0.1, -0.05) is 53.8 Å². The Morgan fingerprint density at radius 3 is 2.45 bits per heavy atom. The Bertz CT molecular complexity index is 1060. The van der Waals surface area contributed by atoms with Crippen molar-refractivity contribution in [3.8, 4) is 0 Å². The fraction of sp³-hybridized carbons (Fsp3) is 0.227. The Morgan fingerprint density at radius 2 is 1.76 bits per heavy atom. The number of benzene rings is 2. The van der Waals surface area contributed by atoms with Crippen LogP contribution in [0.15, 0.2) is 64.8 Å². The van der Waals surface area contributed by atoms with Crippen LogP contribution in [0.2, 0.25) is 0 Å². The highest BCUT2D eigenvalue weighted by Gasteiger charge is 2.16. The van der Waals surface area contributed by atoms with Crippen LogP contribution in [-0.2, 0) is 11.3 Å². The second-order valence-corrected chi connectivity index (χ2v) is 7.56. The predicted octanol–water partition coefficient (Wildman–Crippen LogP) is 3.74. The fourth-order valence-corrected chi connectivity index (χ4v) is 3.75. The van der Waals surface area contributed by atoms with Gasteiger partial charge < -0.3 is 15.2 Å². The second kappa shape index (κ2) is 9.34. The lowest BCUT2D eigenvalue weighted by Gasteiger charge is -2.16. The molecule has 29 heavy (non-hydrogen) atoms. The van der Waals surface area contributed by atoms with Crippen molar-refractivity contribution in [3.05, 3.63) is 86.5 Å². The van der Waals surface area contributed by atoms with Crippen LogP contribution in [0.1, 0.15) is 41.0 Å². The monoisotopic (exact) mass is 409 g/mol. The third-order valence-corrected chi connectivity index (χ3v) is 5.51. The number of thiazole rings is 1. The van der Waals surface area contributed by atoms with Crippen molar-refractivity contribution in [2.24, 2.45) is 0 Å². The quantitative estimate of drug-likeness (QED) is 0.624. The summed E-state index contributed by atoms with van der Waals surface area (Å²) in [6, 6.07) is 16.4. The lowest BCUT2D eigenvalue weighted by molar-refractivity contribution is -0.116. The van der Waals surface area contributed by atoms with Gasteiger partial charge in [0, 0.05) is 24.0 Å². The molecular weight excluding hydrogens is 386 g/mol. The van der Waals surface area contributed by atoms with Gasteiger partial charge in [0.2, 0.25) is 5.91 Å². The van der Waals surface area contributed by atoms with Crippen LogP contribution in [0.5, 0.6) is 0 Å². The van der Waals surface area contributed by atoms with Crippen LogP contribution >= 0.6 is 11.3 Å². The number of anilines is 1. The van der Waals surface area contributed by atoms with E-state index in [1.165, 1.54) is 0 Å². The standard InChI is InChI=1S/C22H23N3O3S/c1-15-14-29-22(28)25(15)13-12-20(26)24-19-11-7-6-10-18(19)21(27)23-16(2)17-8-4-3-5-9-17/h3-11,14,16H,12-13H2,1-2H3,(H,23,27)(H,24,26). The molecule has 0 spiro atoms. The highest BCUT2D eigenvalue weighted by atomic mass is 32.1. The maximum absolute atomic E-state index is 12.8. The Balaban J connectivity index is 1.66. The van der Waals surface area contributed by atoms with Gasteiger partial charge in [0.15, 0.2) is 0 Å². The molecule has 3 rings (SSSR count). The Morgan fingerprint density at radius 1 is 1.07 bits per heavy atom. The van der Waals surface area contributed by atoms with Crippen LogP contribution in [0, 0.1) is 6.92 Å². The summed E-state index contributed by atoms with van der Waals surface area (Å²) >= 11 is 1.12. The van der Waals surface area contributed by atoms with Crippen LogP contribution < -0.4 is 15.5 Å². The van der Waals surface area contributed by atoms with Crippen LogP contribution in [0.25, 0.3) is 0 Å². The first kappa shape index (κ1) is 20.5. The highest BCUT2D eigenvalue weighted by Crippen LogP contribution is 2.18. The molecule has 7 heteroatoms. The van der Waals surface area contributed by atoms with E-state index in [4.69, 9.17) is 0 Å². The van der Waals surface area contributed by atoms with E-state index in [9.17, 15) is 14.4 Å². The summed E-state index contributed by atoms with van der Waals surface area (Å²) in [5.74, 6) is -0.513. The maximum Gasteiger partial charge on any atom is 0.307 e. The molecule has 0 aliphatic heterocycles. The molecule has 2 N–H and O–H groups in total. The summed E-state index contributed by atoms with van der Waals surface area (Å²) in [5.41, 5.74) is 2.68. The highest BCUT2D eigenvalue weighted by molar-refractivity contribution is 7.07. The summed E-state index contributed by atoms with van der Waals surface area (Å²) in [5, 5.41) is 7.53. The van der Waals surface area contributed by atoms with E-state index in [0.29, 0.717) is 17.8 Å². The topological polar surface area (TPSA) is 80.2 Å². The summed E-state index contributed by atoms with van der Waals surface area (Å²) in [6.45, 7) is 4.05. The average molecular weight is 410 g/mol. The largest absolute Gasteiger partial charge is 0.345 e. The zero-order valence-electron chi connectivity index (χ0n) is 16.3. The van der Waals surface area contributed by atoms with Crippen LogP contribution in [0.4, 0.5) is 5.69 Å². The number of amides is 2. The molecule has 1 atom stereocenters. The predicted molar refractivity (Wildman–Crippen MR) is 115 cm³/mol. The summed E-state index contributed by atoms with van der Waals surface area (Å²) in [7, 11) is 0. The van der Waals surface area contributed by atoms with E-state index in [1.807, 2.05) is 44.2 Å². The fourth-order valence-electron chi connectivity index (χ4n) is 2.99. The van der Waals surface area contributed by atoms with E-state index in [1.54, 1.807) is 34.2 Å². The van der Waals surface area contributed by atoms with Crippen molar-refractivity contribution in [2.45, 2.75) is 32.9 Å². The van der Waals surface area contributed by atoms with Gasteiger partial charge in [-0.15, -0.1) is 0 Å². The lowest BCUT2D eigenvalue weighted by atomic mass is 10.1. The number of hydrogen-bond donors (Lipinski definition) is 2. The second-order valence-electron chi connectivity index (χ2n) is 6.74. The molecule has 0 bridgehead atoms. The van der Waals surface area contributed by atoms with Crippen molar-refractivity contribution in [3.63, 3.8) is 0 Å². The van der Waals surface area contributed by atoms with Crippen molar-refractivity contribution < 1.29 is 9.59 Å². The molecule has 0 radical (unpaired) electrons. The number of carbonyl (C=O) groups is 2. The zero-order valence-corrected chi connectivity index (χ0v) is 17.2. The maximum atomic E-state index is 12.8. The van der Waals surface area contributed by atoms with Crippen molar-refractivity contribution >= 4 is 28.8 Å². The van der Waals surface area contributed by atoms with Gasteiger partial charge in [-0.2, -0.15) is 0 Å². The van der Waals surface area contributed by atoms with Gasteiger partial charge in [0.1, 0.15) is 0 Å². The number of carbonyl (C=O) groups excluding carboxylic acids is 2. The first-order chi connectivity index (χ1) is 14.0. The SMILES string of the molecule is Cc1csc(=O)n1CCC(=O)Nc1ccccc1C(=O)NC(C)c1ccccc1.